The van der Waals surface area contributed by atoms with Gasteiger partial charge in [0.1, 0.15) is 18.4 Å². The molecule has 6 nitrogen and oxygen atoms in total. The van der Waals surface area contributed by atoms with Crippen molar-refractivity contribution in [2.24, 2.45) is 5.73 Å². The molecule has 0 fully saturated rings. The molecule has 0 spiro atoms. The first kappa shape index (κ1) is 15.8. The standard InChI is InChI=1S/C14H21N3O3/c1-9-4-6-12(7-5-9)20-8-10(2)16-13(18)11(3)17-14(15)19/h4-7,10-11H,8H2,1-3H3,(H,16,18)(H3,15,17,19)/t10-,11-/m0/s1. The van der Waals surface area contributed by atoms with Crippen LogP contribution < -0.4 is 21.1 Å². The molecule has 2 atom stereocenters. The maximum atomic E-state index is 11.7. The van der Waals surface area contributed by atoms with Crippen molar-refractivity contribution in [3.8, 4) is 5.75 Å². The van der Waals surface area contributed by atoms with Crippen LogP contribution in [0.15, 0.2) is 24.3 Å². The van der Waals surface area contributed by atoms with Gasteiger partial charge in [-0.25, -0.2) is 4.79 Å². The molecule has 1 aromatic rings. The zero-order valence-corrected chi connectivity index (χ0v) is 12.0. The third-order valence-electron chi connectivity index (χ3n) is 2.66. The number of amides is 3. The highest BCUT2D eigenvalue weighted by Crippen LogP contribution is 2.11. The second kappa shape index (κ2) is 7.37. The highest BCUT2D eigenvalue weighted by atomic mass is 16.5. The summed E-state index contributed by atoms with van der Waals surface area (Å²) in [6.07, 6.45) is 0. The number of nitrogens with one attached hydrogen (secondary N) is 2. The number of primary amides is 1. The Morgan fingerprint density at radius 3 is 2.35 bits per heavy atom. The van der Waals surface area contributed by atoms with Crippen molar-refractivity contribution < 1.29 is 14.3 Å². The van der Waals surface area contributed by atoms with Crippen LogP contribution >= 0.6 is 0 Å². The van der Waals surface area contributed by atoms with Crippen LogP contribution in [0.25, 0.3) is 0 Å². The van der Waals surface area contributed by atoms with Crippen LogP contribution in [0.4, 0.5) is 4.79 Å². The molecule has 0 heterocycles. The van der Waals surface area contributed by atoms with Crippen LogP contribution in [0, 0.1) is 6.92 Å². The van der Waals surface area contributed by atoms with Crippen molar-refractivity contribution in [1.29, 1.82) is 0 Å². The lowest BCUT2D eigenvalue weighted by Gasteiger charge is -2.18. The number of carbonyl (C=O) groups is 2. The van der Waals surface area contributed by atoms with Gasteiger partial charge in [-0.05, 0) is 32.9 Å². The smallest absolute Gasteiger partial charge is 0.312 e. The number of carbonyl (C=O) groups excluding carboxylic acids is 2. The third-order valence-corrected chi connectivity index (χ3v) is 2.66. The van der Waals surface area contributed by atoms with Gasteiger partial charge in [0.2, 0.25) is 5.91 Å². The number of benzene rings is 1. The number of aryl methyl sites for hydroxylation is 1. The van der Waals surface area contributed by atoms with Crippen molar-refractivity contribution >= 4 is 11.9 Å². The predicted molar refractivity (Wildman–Crippen MR) is 76.5 cm³/mol. The molecule has 0 aromatic heterocycles. The quantitative estimate of drug-likeness (QED) is 0.723. The van der Waals surface area contributed by atoms with E-state index in [1.165, 1.54) is 0 Å². The zero-order valence-electron chi connectivity index (χ0n) is 12.0. The van der Waals surface area contributed by atoms with E-state index in [0.29, 0.717) is 6.61 Å². The van der Waals surface area contributed by atoms with Gasteiger partial charge < -0.3 is 21.1 Å². The molecule has 0 aliphatic rings. The highest BCUT2D eigenvalue weighted by molar-refractivity contribution is 5.86. The average molecular weight is 279 g/mol. The van der Waals surface area contributed by atoms with E-state index in [2.05, 4.69) is 10.6 Å². The fraction of sp³-hybridized carbons (Fsp3) is 0.429. The molecule has 1 aromatic carbocycles. The second-order valence-corrected chi connectivity index (χ2v) is 4.76. The summed E-state index contributed by atoms with van der Waals surface area (Å²) in [5, 5.41) is 5.05. The molecule has 4 N–H and O–H groups in total. The number of nitrogens with two attached hydrogens (primary N) is 1. The van der Waals surface area contributed by atoms with Gasteiger partial charge in [0.15, 0.2) is 0 Å². The molecular formula is C14H21N3O3. The summed E-state index contributed by atoms with van der Waals surface area (Å²) in [5.74, 6) is 0.448. The summed E-state index contributed by atoms with van der Waals surface area (Å²) in [5.41, 5.74) is 6.11. The molecule has 1 rings (SSSR count). The van der Waals surface area contributed by atoms with Crippen molar-refractivity contribution in [2.75, 3.05) is 6.61 Å². The summed E-state index contributed by atoms with van der Waals surface area (Å²) >= 11 is 0. The molecule has 0 radical (unpaired) electrons. The number of hydrogen-bond acceptors (Lipinski definition) is 3. The lowest BCUT2D eigenvalue weighted by atomic mass is 10.2. The van der Waals surface area contributed by atoms with Crippen LogP contribution in [0.1, 0.15) is 19.4 Å². The van der Waals surface area contributed by atoms with Crippen molar-refractivity contribution in [3.63, 3.8) is 0 Å². The minimum Gasteiger partial charge on any atom is -0.491 e. The summed E-state index contributed by atoms with van der Waals surface area (Å²) in [7, 11) is 0. The fourth-order valence-electron chi connectivity index (χ4n) is 1.54. The first-order chi connectivity index (χ1) is 9.38. The number of ether oxygens (including phenoxy) is 1. The Bertz CT molecular complexity index is 459. The Morgan fingerprint density at radius 1 is 1.20 bits per heavy atom. The van der Waals surface area contributed by atoms with E-state index in [4.69, 9.17) is 10.5 Å². The van der Waals surface area contributed by atoms with E-state index in [9.17, 15) is 9.59 Å². The topological polar surface area (TPSA) is 93.4 Å². The van der Waals surface area contributed by atoms with Gasteiger partial charge in [-0.1, -0.05) is 17.7 Å². The van der Waals surface area contributed by atoms with Crippen LogP contribution in [0.5, 0.6) is 5.75 Å². The van der Waals surface area contributed by atoms with Crippen molar-refractivity contribution in [2.45, 2.75) is 32.9 Å². The summed E-state index contributed by atoms with van der Waals surface area (Å²) < 4.78 is 5.56. The van der Waals surface area contributed by atoms with Crippen molar-refractivity contribution in [3.05, 3.63) is 29.8 Å². The lowest BCUT2D eigenvalue weighted by molar-refractivity contribution is -0.123. The Balaban J connectivity index is 2.36. The third kappa shape index (κ3) is 5.60. The zero-order chi connectivity index (χ0) is 15.1. The van der Waals surface area contributed by atoms with Gasteiger partial charge in [0, 0.05) is 0 Å². The van der Waals surface area contributed by atoms with E-state index in [1.54, 1.807) is 6.92 Å². The first-order valence-electron chi connectivity index (χ1n) is 6.44. The van der Waals surface area contributed by atoms with Gasteiger partial charge in [-0.15, -0.1) is 0 Å². The normalized spacial score (nSPS) is 13.2. The fourth-order valence-corrected chi connectivity index (χ4v) is 1.54. The summed E-state index contributed by atoms with van der Waals surface area (Å²) in [4.78, 5) is 22.4. The highest BCUT2D eigenvalue weighted by Gasteiger charge is 2.16. The monoisotopic (exact) mass is 279 g/mol. The predicted octanol–water partition coefficient (Wildman–Crippen LogP) is 0.935. The molecule has 0 bridgehead atoms. The summed E-state index contributed by atoms with van der Waals surface area (Å²) in [6, 6.07) is 6.09. The Kier molecular flexibility index (Phi) is 5.83. The molecule has 110 valence electrons. The largest absolute Gasteiger partial charge is 0.491 e. The Morgan fingerprint density at radius 2 is 1.80 bits per heavy atom. The second-order valence-electron chi connectivity index (χ2n) is 4.76. The molecule has 0 aliphatic carbocycles. The molecule has 20 heavy (non-hydrogen) atoms. The molecule has 0 aliphatic heterocycles. The van der Waals surface area contributed by atoms with Crippen molar-refractivity contribution in [1.82, 2.24) is 10.6 Å². The van der Waals surface area contributed by atoms with Gasteiger partial charge in [0.05, 0.1) is 6.04 Å². The van der Waals surface area contributed by atoms with E-state index in [-0.39, 0.29) is 11.9 Å². The Labute approximate surface area is 118 Å². The van der Waals surface area contributed by atoms with Gasteiger partial charge in [0.25, 0.3) is 0 Å². The van der Waals surface area contributed by atoms with Crippen LogP contribution in [-0.4, -0.2) is 30.6 Å². The maximum absolute atomic E-state index is 11.7. The van der Waals surface area contributed by atoms with Crippen LogP contribution in [0.3, 0.4) is 0 Å². The number of rotatable bonds is 6. The molecule has 3 amide bonds. The van der Waals surface area contributed by atoms with Gasteiger partial charge in [-0.3, -0.25) is 4.79 Å². The van der Waals surface area contributed by atoms with Crippen LogP contribution in [0.2, 0.25) is 0 Å². The van der Waals surface area contributed by atoms with E-state index >= 15 is 0 Å². The lowest BCUT2D eigenvalue weighted by Crippen LogP contribution is -2.49. The number of urea groups is 1. The molecule has 0 saturated carbocycles. The van der Waals surface area contributed by atoms with Gasteiger partial charge in [-0.2, -0.15) is 0 Å². The Hall–Kier alpha value is -2.24. The van der Waals surface area contributed by atoms with E-state index in [0.717, 1.165) is 11.3 Å². The maximum Gasteiger partial charge on any atom is 0.312 e. The van der Waals surface area contributed by atoms with E-state index in [1.807, 2.05) is 38.1 Å². The van der Waals surface area contributed by atoms with E-state index < -0.39 is 12.1 Å². The SMILES string of the molecule is Cc1ccc(OC[C@H](C)NC(=O)[C@H](C)NC(N)=O)cc1. The molecule has 6 heteroatoms. The minimum atomic E-state index is -0.726. The van der Waals surface area contributed by atoms with Gasteiger partial charge >= 0.3 is 6.03 Å². The molecule has 0 unspecified atom stereocenters. The summed E-state index contributed by atoms with van der Waals surface area (Å²) in [6.45, 7) is 5.73. The first-order valence-corrected chi connectivity index (χ1v) is 6.44. The minimum absolute atomic E-state index is 0.180. The average Bonchev–Trinajstić information content (AvgIpc) is 2.37. The molecule has 0 saturated heterocycles. The molecular weight excluding hydrogens is 258 g/mol. The number of hydrogen-bond donors (Lipinski definition) is 3. The van der Waals surface area contributed by atoms with Crippen LogP contribution in [-0.2, 0) is 4.79 Å².